The van der Waals surface area contributed by atoms with Gasteiger partial charge in [0.1, 0.15) is 0 Å². The largest absolute Gasteiger partial charge is 0.322 e. The number of halogens is 1. The van der Waals surface area contributed by atoms with Gasteiger partial charge in [0.25, 0.3) is 5.91 Å². The first kappa shape index (κ1) is 15.2. The molecular formula is C17H13ClN2O3. The van der Waals surface area contributed by atoms with Gasteiger partial charge in [-0.3, -0.25) is 19.3 Å². The maximum Gasteiger partial charge on any atom is 0.255 e. The van der Waals surface area contributed by atoms with Crippen LogP contribution in [0.4, 0.5) is 11.4 Å². The lowest BCUT2D eigenvalue weighted by atomic mass is 10.1. The van der Waals surface area contributed by atoms with Crippen LogP contribution < -0.4 is 10.2 Å². The molecule has 6 heteroatoms. The summed E-state index contributed by atoms with van der Waals surface area (Å²) in [5, 5.41) is 3.32. The van der Waals surface area contributed by atoms with E-state index < -0.39 is 0 Å². The highest BCUT2D eigenvalue weighted by atomic mass is 35.5. The van der Waals surface area contributed by atoms with E-state index in [2.05, 4.69) is 5.32 Å². The summed E-state index contributed by atoms with van der Waals surface area (Å²) in [6.45, 7) is 0. The molecule has 0 spiro atoms. The number of nitrogens with zero attached hydrogens (tertiary/aromatic N) is 1. The monoisotopic (exact) mass is 328 g/mol. The summed E-state index contributed by atoms with van der Waals surface area (Å²) >= 11 is 5.80. The predicted octanol–water partition coefficient (Wildman–Crippen LogP) is 3.25. The average Bonchev–Trinajstić information content (AvgIpc) is 2.88. The number of anilines is 2. The topological polar surface area (TPSA) is 66.5 Å². The summed E-state index contributed by atoms with van der Waals surface area (Å²) in [7, 11) is 0. The van der Waals surface area contributed by atoms with E-state index >= 15 is 0 Å². The molecule has 1 fully saturated rings. The van der Waals surface area contributed by atoms with Crippen molar-refractivity contribution in [3.63, 3.8) is 0 Å². The normalized spacial score (nSPS) is 14.2. The molecule has 0 radical (unpaired) electrons. The number of nitrogens with one attached hydrogen (secondary N) is 1. The first-order valence-electron chi connectivity index (χ1n) is 7.07. The Labute approximate surface area is 137 Å². The summed E-state index contributed by atoms with van der Waals surface area (Å²) in [6.07, 6.45) is 0.417. The third-order valence-electron chi connectivity index (χ3n) is 3.52. The van der Waals surface area contributed by atoms with E-state index in [1.807, 2.05) is 0 Å². The summed E-state index contributed by atoms with van der Waals surface area (Å²) in [6, 6.07) is 13.2. The third kappa shape index (κ3) is 3.24. The van der Waals surface area contributed by atoms with Gasteiger partial charge >= 0.3 is 0 Å². The molecule has 3 rings (SSSR count). The Balaban J connectivity index is 1.81. The molecule has 2 aromatic carbocycles. The molecule has 0 aliphatic carbocycles. The molecule has 23 heavy (non-hydrogen) atoms. The molecule has 0 atom stereocenters. The molecule has 0 unspecified atom stereocenters. The number of amides is 3. The number of rotatable bonds is 3. The van der Waals surface area contributed by atoms with Gasteiger partial charge in [0.05, 0.1) is 5.69 Å². The Morgan fingerprint density at radius 1 is 1.00 bits per heavy atom. The van der Waals surface area contributed by atoms with Crippen LogP contribution in [-0.4, -0.2) is 17.7 Å². The molecular weight excluding hydrogens is 316 g/mol. The second kappa shape index (κ2) is 6.22. The number of imide groups is 1. The number of carbonyl (C=O) groups excluding carboxylic acids is 3. The van der Waals surface area contributed by atoms with Gasteiger partial charge in [-0.2, -0.15) is 0 Å². The van der Waals surface area contributed by atoms with Crippen LogP contribution in [0.5, 0.6) is 0 Å². The molecule has 1 aliphatic heterocycles. The van der Waals surface area contributed by atoms with E-state index in [0.717, 1.165) is 4.90 Å². The number of benzene rings is 2. The SMILES string of the molecule is O=C(Nc1ccc(Cl)cc1)c1cccc(N2C(=O)CCC2=O)c1. The van der Waals surface area contributed by atoms with Crippen LogP contribution in [0.2, 0.25) is 5.02 Å². The molecule has 3 amide bonds. The van der Waals surface area contributed by atoms with Crippen molar-refractivity contribution in [3.8, 4) is 0 Å². The minimum atomic E-state index is -0.326. The van der Waals surface area contributed by atoms with Gasteiger partial charge in [0.15, 0.2) is 0 Å². The lowest BCUT2D eigenvalue weighted by molar-refractivity contribution is -0.121. The Morgan fingerprint density at radius 2 is 1.65 bits per heavy atom. The van der Waals surface area contributed by atoms with E-state index in [9.17, 15) is 14.4 Å². The zero-order valence-corrected chi connectivity index (χ0v) is 12.8. The van der Waals surface area contributed by atoms with Gasteiger partial charge in [-0.25, -0.2) is 0 Å². The zero-order valence-electron chi connectivity index (χ0n) is 12.1. The molecule has 0 saturated carbocycles. The molecule has 0 bridgehead atoms. The van der Waals surface area contributed by atoms with Crippen molar-refractivity contribution in [3.05, 3.63) is 59.1 Å². The van der Waals surface area contributed by atoms with Gasteiger partial charge in [0.2, 0.25) is 11.8 Å². The smallest absolute Gasteiger partial charge is 0.255 e. The highest BCUT2D eigenvalue weighted by Crippen LogP contribution is 2.24. The second-order valence-electron chi connectivity index (χ2n) is 5.13. The average molecular weight is 329 g/mol. The molecule has 1 aliphatic rings. The fraction of sp³-hybridized carbons (Fsp3) is 0.118. The third-order valence-corrected chi connectivity index (χ3v) is 3.77. The molecule has 1 heterocycles. The van der Waals surface area contributed by atoms with Crippen molar-refractivity contribution in [1.29, 1.82) is 0 Å². The van der Waals surface area contributed by atoms with Crippen molar-refractivity contribution < 1.29 is 14.4 Å². The minimum Gasteiger partial charge on any atom is -0.322 e. The molecule has 116 valence electrons. The fourth-order valence-electron chi connectivity index (χ4n) is 2.39. The zero-order chi connectivity index (χ0) is 16.4. The van der Waals surface area contributed by atoms with Crippen molar-refractivity contribution in [2.24, 2.45) is 0 Å². The highest BCUT2D eigenvalue weighted by Gasteiger charge is 2.30. The van der Waals surface area contributed by atoms with Crippen molar-refractivity contribution >= 4 is 40.7 Å². The lowest BCUT2D eigenvalue weighted by Crippen LogP contribution is -2.28. The van der Waals surface area contributed by atoms with Crippen molar-refractivity contribution in [1.82, 2.24) is 0 Å². The number of hydrogen-bond donors (Lipinski definition) is 1. The summed E-state index contributed by atoms with van der Waals surface area (Å²) in [4.78, 5) is 37.0. The summed E-state index contributed by atoms with van der Waals surface area (Å²) < 4.78 is 0. The van der Waals surface area contributed by atoms with E-state index in [0.29, 0.717) is 22.0 Å². The van der Waals surface area contributed by atoms with Crippen LogP contribution >= 0.6 is 11.6 Å². The van der Waals surface area contributed by atoms with Gasteiger partial charge in [-0.05, 0) is 42.5 Å². The van der Waals surface area contributed by atoms with E-state index in [-0.39, 0.29) is 30.6 Å². The Morgan fingerprint density at radius 3 is 2.30 bits per heavy atom. The molecule has 2 aromatic rings. The van der Waals surface area contributed by atoms with Gasteiger partial charge in [0, 0.05) is 29.1 Å². The summed E-state index contributed by atoms with van der Waals surface area (Å²) in [5.74, 6) is -0.816. The van der Waals surface area contributed by atoms with E-state index in [4.69, 9.17) is 11.6 Å². The van der Waals surface area contributed by atoms with Crippen LogP contribution in [-0.2, 0) is 9.59 Å². The second-order valence-corrected chi connectivity index (χ2v) is 5.57. The molecule has 5 nitrogen and oxygen atoms in total. The van der Waals surface area contributed by atoms with Crippen LogP contribution in [0.3, 0.4) is 0 Å². The van der Waals surface area contributed by atoms with Gasteiger partial charge < -0.3 is 5.32 Å². The van der Waals surface area contributed by atoms with E-state index in [1.54, 1.807) is 42.5 Å². The Kier molecular flexibility index (Phi) is 4.12. The van der Waals surface area contributed by atoms with Crippen LogP contribution in [0, 0.1) is 0 Å². The maximum absolute atomic E-state index is 12.3. The standard InChI is InChI=1S/C17H13ClN2O3/c18-12-4-6-13(7-5-12)19-17(23)11-2-1-3-14(10-11)20-15(21)8-9-16(20)22/h1-7,10H,8-9H2,(H,19,23). The van der Waals surface area contributed by atoms with Crippen LogP contribution in [0.1, 0.15) is 23.2 Å². The molecule has 0 aromatic heterocycles. The Bertz CT molecular complexity index is 771. The Hall–Kier alpha value is -2.66. The van der Waals surface area contributed by atoms with Crippen molar-refractivity contribution in [2.45, 2.75) is 12.8 Å². The first-order chi connectivity index (χ1) is 11.0. The maximum atomic E-state index is 12.3. The molecule has 1 saturated heterocycles. The van der Waals surface area contributed by atoms with Crippen LogP contribution in [0.25, 0.3) is 0 Å². The highest BCUT2D eigenvalue weighted by molar-refractivity contribution is 6.30. The van der Waals surface area contributed by atoms with Gasteiger partial charge in [-0.15, -0.1) is 0 Å². The van der Waals surface area contributed by atoms with Crippen LogP contribution in [0.15, 0.2) is 48.5 Å². The first-order valence-corrected chi connectivity index (χ1v) is 7.45. The lowest BCUT2D eigenvalue weighted by Gasteiger charge is -2.14. The molecule has 1 N–H and O–H groups in total. The minimum absolute atomic E-state index is 0.208. The quantitative estimate of drug-likeness (QED) is 0.879. The number of carbonyl (C=O) groups is 3. The summed E-state index contributed by atoms with van der Waals surface area (Å²) in [5.41, 5.74) is 1.39. The van der Waals surface area contributed by atoms with Crippen molar-refractivity contribution in [2.75, 3.05) is 10.2 Å². The fourth-order valence-corrected chi connectivity index (χ4v) is 2.51. The number of hydrogen-bond acceptors (Lipinski definition) is 3. The predicted molar refractivity (Wildman–Crippen MR) is 87.6 cm³/mol. The van der Waals surface area contributed by atoms with Gasteiger partial charge in [-0.1, -0.05) is 17.7 Å². The van der Waals surface area contributed by atoms with E-state index in [1.165, 1.54) is 6.07 Å².